The van der Waals surface area contributed by atoms with Crippen LogP contribution in [0.4, 0.5) is 4.39 Å². The number of nitrogens with two attached hydrogens (primary N) is 1. The predicted octanol–water partition coefficient (Wildman–Crippen LogP) is 1.99. The van der Waals surface area contributed by atoms with Gasteiger partial charge in [-0.2, -0.15) is 5.10 Å². The zero-order chi connectivity index (χ0) is 11.7. The molecule has 16 heavy (non-hydrogen) atoms. The van der Waals surface area contributed by atoms with Crippen molar-refractivity contribution < 1.29 is 4.39 Å². The van der Waals surface area contributed by atoms with Gasteiger partial charge in [0, 0.05) is 30.9 Å². The van der Waals surface area contributed by atoms with Gasteiger partial charge in [0.05, 0.1) is 5.69 Å². The molecule has 0 aliphatic rings. The van der Waals surface area contributed by atoms with Gasteiger partial charge in [-0.3, -0.25) is 4.68 Å². The van der Waals surface area contributed by atoms with Crippen molar-refractivity contribution in [2.75, 3.05) is 0 Å². The van der Waals surface area contributed by atoms with Gasteiger partial charge in [0.1, 0.15) is 5.82 Å². The maximum absolute atomic E-state index is 13.8. The second-order valence-corrected chi connectivity index (χ2v) is 3.82. The third kappa shape index (κ3) is 1.84. The quantitative estimate of drug-likeness (QED) is 0.839. The van der Waals surface area contributed by atoms with Gasteiger partial charge in [-0.15, -0.1) is 0 Å². The Hall–Kier alpha value is -1.68. The molecule has 1 aromatic carbocycles. The summed E-state index contributed by atoms with van der Waals surface area (Å²) in [6.07, 6.45) is 1.82. The average Bonchev–Trinajstić information content (AvgIpc) is 2.57. The Balaban J connectivity index is 2.52. The number of rotatable bonds is 2. The molecular formula is C12H14FN3. The molecule has 2 rings (SSSR count). The van der Waals surface area contributed by atoms with E-state index in [1.165, 1.54) is 6.07 Å². The summed E-state index contributed by atoms with van der Waals surface area (Å²) >= 11 is 0. The largest absolute Gasteiger partial charge is 0.326 e. The fraction of sp³-hybridized carbons (Fsp3) is 0.250. The lowest BCUT2D eigenvalue weighted by atomic mass is 10.0. The third-order valence-electron chi connectivity index (χ3n) is 2.57. The van der Waals surface area contributed by atoms with Crippen LogP contribution in [0.5, 0.6) is 0 Å². The highest BCUT2D eigenvalue weighted by Crippen LogP contribution is 2.25. The van der Waals surface area contributed by atoms with Gasteiger partial charge in [0.25, 0.3) is 0 Å². The molecule has 0 bridgehead atoms. The maximum Gasteiger partial charge on any atom is 0.131 e. The van der Waals surface area contributed by atoms with Crippen LogP contribution in [0.25, 0.3) is 11.1 Å². The molecule has 0 aliphatic carbocycles. The Bertz CT molecular complexity index is 517. The first-order chi connectivity index (χ1) is 7.61. The van der Waals surface area contributed by atoms with Crippen molar-refractivity contribution in [3.05, 3.63) is 41.5 Å². The van der Waals surface area contributed by atoms with Gasteiger partial charge >= 0.3 is 0 Å². The molecule has 2 N–H and O–H groups in total. The van der Waals surface area contributed by atoms with Crippen LogP contribution >= 0.6 is 0 Å². The van der Waals surface area contributed by atoms with Crippen molar-refractivity contribution in [1.29, 1.82) is 0 Å². The van der Waals surface area contributed by atoms with Crippen molar-refractivity contribution in [1.82, 2.24) is 9.78 Å². The molecule has 84 valence electrons. The molecule has 0 atom stereocenters. The minimum Gasteiger partial charge on any atom is -0.326 e. The average molecular weight is 219 g/mol. The first-order valence-electron chi connectivity index (χ1n) is 5.11. The third-order valence-corrected chi connectivity index (χ3v) is 2.57. The van der Waals surface area contributed by atoms with Crippen molar-refractivity contribution in [2.24, 2.45) is 12.8 Å². The number of hydrogen-bond donors (Lipinski definition) is 1. The summed E-state index contributed by atoms with van der Waals surface area (Å²) in [7, 11) is 1.82. The summed E-state index contributed by atoms with van der Waals surface area (Å²) in [6, 6.07) is 5.06. The molecule has 0 amide bonds. The standard InChI is InChI=1S/C12H14FN3/c1-8-11(7-16(2)15-8)10-4-3-9(6-14)5-12(10)13/h3-5,7H,6,14H2,1-2H3. The smallest absolute Gasteiger partial charge is 0.131 e. The van der Waals surface area contributed by atoms with Gasteiger partial charge in [-0.1, -0.05) is 12.1 Å². The first-order valence-corrected chi connectivity index (χ1v) is 5.11. The molecule has 2 aromatic rings. The molecule has 1 aromatic heterocycles. The minimum absolute atomic E-state index is 0.251. The Morgan fingerprint density at radius 1 is 1.38 bits per heavy atom. The number of aromatic nitrogens is 2. The van der Waals surface area contributed by atoms with Crippen LogP contribution in [-0.2, 0) is 13.6 Å². The van der Waals surface area contributed by atoms with Crippen LogP contribution < -0.4 is 5.73 Å². The molecule has 0 spiro atoms. The number of benzene rings is 1. The molecule has 4 heteroatoms. The normalized spacial score (nSPS) is 10.8. The number of halogens is 1. The van der Waals surface area contributed by atoms with E-state index in [4.69, 9.17) is 5.73 Å². The molecule has 0 saturated carbocycles. The zero-order valence-corrected chi connectivity index (χ0v) is 9.37. The highest BCUT2D eigenvalue weighted by Gasteiger charge is 2.10. The van der Waals surface area contributed by atoms with E-state index < -0.39 is 0 Å². The monoisotopic (exact) mass is 219 g/mol. The second kappa shape index (κ2) is 4.06. The van der Waals surface area contributed by atoms with Crippen LogP contribution in [0, 0.1) is 12.7 Å². The lowest BCUT2D eigenvalue weighted by Gasteiger charge is -2.03. The summed E-state index contributed by atoms with van der Waals surface area (Å²) in [5, 5.41) is 4.20. The topological polar surface area (TPSA) is 43.8 Å². The van der Waals surface area contributed by atoms with Gasteiger partial charge in [-0.05, 0) is 18.6 Å². The van der Waals surface area contributed by atoms with E-state index in [9.17, 15) is 4.39 Å². The van der Waals surface area contributed by atoms with Crippen molar-refractivity contribution in [3.63, 3.8) is 0 Å². The lowest BCUT2D eigenvalue weighted by molar-refractivity contribution is 0.629. The van der Waals surface area contributed by atoms with Crippen LogP contribution in [0.2, 0.25) is 0 Å². The molecular weight excluding hydrogens is 205 g/mol. The second-order valence-electron chi connectivity index (χ2n) is 3.82. The summed E-state index contributed by atoms with van der Waals surface area (Å²) < 4.78 is 15.5. The Labute approximate surface area is 93.7 Å². The first kappa shape index (κ1) is 10.8. The molecule has 0 saturated heterocycles. The van der Waals surface area contributed by atoms with Gasteiger partial charge in [-0.25, -0.2) is 4.39 Å². The summed E-state index contributed by atoms with van der Waals surface area (Å²) in [5.41, 5.74) is 8.47. The minimum atomic E-state index is -0.251. The molecule has 0 unspecified atom stereocenters. The lowest BCUT2D eigenvalue weighted by Crippen LogP contribution is -1.97. The summed E-state index contributed by atoms with van der Waals surface area (Å²) in [6.45, 7) is 2.22. The number of nitrogens with zero attached hydrogens (tertiary/aromatic N) is 2. The van der Waals surface area contributed by atoms with Crippen molar-refractivity contribution in [3.8, 4) is 11.1 Å². The summed E-state index contributed by atoms with van der Waals surface area (Å²) in [4.78, 5) is 0. The van der Waals surface area contributed by atoms with E-state index in [0.717, 1.165) is 16.8 Å². The van der Waals surface area contributed by atoms with E-state index in [1.807, 2.05) is 26.2 Å². The molecule has 1 heterocycles. The van der Waals surface area contributed by atoms with Crippen LogP contribution in [0.3, 0.4) is 0 Å². The van der Waals surface area contributed by atoms with Crippen molar-refractivity contribution in [2.45, 2.75) is 13.5 Å². The number of aryl methyl sites for hydroxylation is 2. The summed E-state index contributed by atoms with van der Waals surface area (Å²) in [5.74, 6) is -0.251. The van der Waals surface area contributed by atoms with Crippen LogP contribution in [0.1, 0.15) is 11.3 Å². The van der Waals surface area contributed by atoms with Gasteiger partial charge in [0.2, 0.25) is 0 Å². The fourth-order valence-corrected chi connectivity index (χ4v) is 1.77. The van der Waals surface area contributed by atoms with Crippen molar-refractivity contribution >= 4 is 0 Å². The number of hydrogen-bond acceptors (Lipinski definition) is 2. The van der Waals surface area contributed by atoms with E-state index >= 15 is 0 Å². The van der Waals surface area contributed by atoms with E-state index in [0.29, 0.717) is 12.1 Å². The van der Waals surface area contributed by atoms with Crippen LogP contribution in [0.15, 0.2) is 24.4 Å². The van der Waals surface area contributed by atoms with Crippen LogP contribution in [-0.4, -0.2) is 9.78 Å². The highest BCUT2D eigenvalue weighted by atomic mass is 19.1. The molecule has 0 radical (unpaired) electrons. The van der Waals surface area contributed by atoms with E-state index in [1.54, 1.807) is 10.7 Å². The molecule has 0 fully saturated rings. The van der Waals surface area contributed by atoms with Gasteiger partial charge in [0.15, 0.2) is 0 Å². The molecule has 0 aliphatic heterocycles. The zero-order valence-electron chi connectivity index (χ0n) is 9.37. The van der Waals surface area contributed by atoms with E-state index in [-0.39, 0.29) is 5.82 Å². The fourth-order valence-electron chi connectivity index (χ4n) is 1.77. The SMILES string of the molecule is Cc1nn(C)cc1-c1ccc(CN)cc1F. The Morgan fingerprint density at radius 2 is 2.12 bits per heavy atom. The maximum atomic E-state index is 13.8. The van der Waals surface area contributed by atoms with Gasteiger partial charge < -0.3 is 5.73 Å². The van der Waals surface area contributed by atoms with E-state index in [2.05, 4.69) is 5.10 Å². The Morgan fingerprint density at radius 3 is 2.62 bits per heavy atom. The Kier molecular flexibility index (Phi) is 2.75. The predicted molar refractivity (Wildman–Crippen MR) is 61.2 cm³/mol. The highest BCUT2D eigenvalue weighted by molar-refractivity contribution is 5.66. The molecule has 3 nitrogen and oxygen atoms in total.